The second kappa shape index (κ2) is 7.31. The standard InChI is InChI=1S/C17H22N2O4S2/c1-12-11-24-17(18-12)13-6-8-19(9-7-13)25(20,21)14-4-5-15(22-2)16(10-14)23-3/h4-5,10-11,13H,6-9H2,1-3H3. The number of rotatable bonds is 5. The van der Waals surface area contributed by atoms with Crippen LogP contribution in [0.25, 0.3) is 0 Å². The summed E-state index contributed by atoms with van der Waals surface area (Å²) < 4.78 is 37.8. The highest BCUT2D eigenvalue weighted by Gasteiger charge is 2.31. The summed E-state index contributed by atoms with van der Waals surface area (Å²) in [6.07, 6.45) is 1.58. The van der Waals surface area contributed by atoms with Gasteiger partial charge in [-0.1, -0.05) is 0 Å². The smallest absolute Gasteiger partial charge is 0.243 e. The average molecular weight is 383 g/mol. The van der Waals surface area contributed by atoms with Crippen molar-refractivity contribution in [3.63, 3.8) is 0 Å². The van der Waals surface area contributed by atoms with E-state index in [1.807, 2.05) is 12.3 Å². The Hall–Kier alpha value is -1.64. The molecule has 0 N–H and O–H groups in total. The van der Waals surface area contributed by atoms with Crippen molar-refractivity contribution < 1.29 is 17.9 Å². The summed E-state index contributed by atoms with van der Waals surface area (Å²) in [5, 5.41) is 3.16. The SMILES string of the molecule is COc1ccc(S(=O)(=O)N2CCC(c3nc(C)cs3)CC2)cc1OC. The zero-order chi connectivity index (χ0) is 18.0. The van der Waals surface area contributed by atoms with Crippen LogP contribution in [-0.4, -0.2) is 45.0 Å². The number of piperidine rings is 1. The molecule has 2 aromatic rings. The van der Waals surface area contributed by atoms with E-state index in [9.17, 15) is 8.42 Å². The first-order valence-corrected chi connectivity index (χ1v) is 10.4. The molecular formula is C17H22N2O4S2. The van der Waals surface area contributed by atoms with Gasteiger partial charge in [0.2, 0.25) is 10.0 Å². The van der Waals surface area contributed by atoms with E-state index in [1.165, 1.54) is 20.3 Å². The normalized spacial score (nSPS) is 16.8. The summed E-state index contributed by atoms with van der Waals surface area (Å²) in [6, 6.07) is 4.70. The largest absolute Gasteiger partial charge is 0.493 e. The van der Waals surface area contributed by atoms with Crippen LogP contribution < -0.4 is 9.47 Å². The number of methoxy groups -OCH3 is 2. The Morgan fingerprint density at radius 3 is 2.40 bits per heavy atom. The Bertz CT molecular complexity index is 840. The predicted octanol–water partition coefficient (Wildman–Crippen LogP) is 3.04. The van der Waals surface area contributed by atoms with Crippen molar-refractivity contribution in [1.29, 1.82) is 0 Å². The van der Waals surface area contributed by atoms with E-state index in [0.717, 1.165) is 23.5 Å². The maximum Gasteiger partial charge on any atom is 0.243 e. The molecule has 25 heavy (non-hydrogen) atoms. The summed E-state index contributed by atoms with van der Waals surface area (Å²) in [4.78, 5) is 4.77. The molecule has 0 aliphatic carbocycles. The fraction of sp³-hybridized carbons (Fsp3) is 0.471. The molecule has 0 spiro atoms. The van der Waals surface area contributed by atoms with Crippen molar-refractivity contribution in [3.05, 3.63) is 34.3 Å². The molecular weight excluding hydrogens is 360 g/mol. The van der Waals surface area contributed by atoms with E-state index >= 15 is 0 Å². The third-order valence-electron chi connectivity index (χ3n) is 4.43. The van der Waals surface area contributed by atoms with Gasteiger partial charge in [-0.05, 0) is 31.9 Å². The van der Waals surface area contributed by atoms with Gasteiger partial charge in [0.05, 0.1) is 24.1 Å². The van der Waals surface area contributed by atoms with Gasteiger partial charge in [-0.15, -0.1) is 11.3 Å². The highest BCUT2D eigenvalue weighted by atomic mass is 32.2. The van der Waals surface area contributed by atoms with Crippen LogP contribution in [0.1, 0.15) is 29.5 Å². The van der Waals surface area contributed by atoms with Gasteiger partial charge < -0.3 is 9.47 Å². The number of thiazole rings is 1. The number of hydrogen-bond donors (Lipinski definition) is 0. The van der Waals surface area contributed by atoms with Crippen molar-refractivity contribution in [2.75, 3.05) is 27.3 Å². The van der Waals surface area contributed by atoms with Crippen LogP contribution in [-0.2, 0) is 10.0 Å². The summed E-state index contributed by atoms with van der Waals surface area (Å²) in [5.74, 6) is 1.27. The number of nitrogens with zero attached hydrogens (tertiary/aromatic N) is 2. The first kappa shape index (κ1) is 18.2. The molecule has 6 nitrogen and oxygen atoms in total. The Morgan fingerprint density at radius 2 is 1.84 bits per heavy atom. The van der Waals surface area contributed by atoms with Crippen LogP contribution in [0.3, 0.4) is 0 Å². The fourth-order valence-electron chi connectivity index (χ4n) is 3.03. The van der Waals surface area contributed by atoms with Crippen LogP contribution in [0.4, 0.5) is 0 Å². The van der Waals surface area contributed by atoms with Gasteiger partial charge in [-0.25, -0.2) is 13.4 Å². The van der Waals surface area contributed by atoms with Gasteiger partial charge in [-0.2, -0.15) is 4.31 Å². The first-order chi connectivity index (χ1) is 12.0. The van der Waals surface area contributed by atoms with E-state index in [-0.39, 0.29) is 4.90 Å². The van der Waals surface area contributed by atoms with Gasteiger partial charge in [0.25, 0.3) is 0 Å². The van der Waals surface area contributed by atoms with E-state index in [4.69, 9.17) is 9.47 Å². The van der Waals surface area contributed by atoms with Crippen molar-refractivity contribution in [2.24, 2.45) is 0 Å². The van der Waals surface area contributed by atoms with Crippen LogP contribution in [0.15, 0.2) is 28.5 Å². The Labute approximate surface area is 152 Å². The maximum absolute atomic E-state index is 12.9. The van der Waals surface area contributed by atoms with Crippen molar-refractivity contribution in [2.45, 2.75) is 30.6 Å². The van der Waals surface area contributed by atoms with Gasteiger partial charge in [0.1, 0.15) is 0 Å². The number of aryl methyl sites for hydroxylation is 1. The molecule has 1 aromatic carbocycles. The lowest BCUT2D eigenvalue weighted by Crippen LogP contribution is -2.37. The molecule has 1 aromatic heterocycles. The number of benzene rings is 1. The summed E-state index contributed by atoms with van der Waals surface area (Å²) in [5.41, 5.74) is 1.03. The third kappa shape index (κ3) is 3.65. The number of sulfonamides is 1. The zero-order valence-corrected chi connectivity index (χ0v) is 16.2. The van der Waals surface area contributed by atoms with Crippen LogP contribution >= 0.6 is 11.3 Å². The topological polar surface area (TPSA) is 68.7 Å². The Balaban J connectivity index is 1.75. The second-order valence-electron chi connectivity index (χ2n) is 6.02. The number of ether oxygens (including phenoxy) is 2. The van der Waals surface area contributed by atoms with Gasteiger partial charge in [0.15, 0.2) is 11.5 Å². The zero-order valence-electron chi connectivity index (χ0n) is 14.6. The molecule has 3 rings (SSSR count). The highest BCUT2D eigenvalue weighted by molar-refractivity contribution is 7.89. The Kier molecular flexibility index (Phi) is 5.31. The minimum atomic E-state index is -3.54. The molecule has 0 saturated carbocycles. The van der Waals surface area contributed by atoms with E-state index in [0.29, 0.717) is 30.5 Å². The fourth-order valence-corrected chi connectivity index (χ4v) is 5.48. The van der Waals surface area contributed by atoms with E-state index in [1.54, 1.807) is 27.8 Å². The molecule has 0 amide bonds. The first-order valence-electron chi connectivity index (χ1n) is 8.10. The average Bonchev–Trinajstić information content (AvgIpc) is 3.07. The predicted molar refractivity (Wildman–Crippen MR) is 97.1 cm³/mol. The molecule has 0 unspecified atom stereocenters. The highest BCUT2D eigenvalue weighted by Crippen LogP contribution is 2.34. The minimum Gasteiger partial charge on any atom is -0.493 e. The molecule has 1 saturated heterocycles. The van der Waals surface area contributed by atoms with Crippen molar-refractivity contribution in [3.8, 4) is 11.5 Å². The lowest BCUT2D eigenvalue weighted by atomic mass is 9.99. The maximum atomic E-state index is 12.9. The molecule has 2 heterocycles. The quantitative estimate of drug-likeness (QED) is 0.795. The third-order valence-corrected chi connectivity index (χ3v) is 7.45. The molecule has 0 radical (unpaired) electrons. The van der Waals surface area contributed by atoms with Crippen LogP contribution in [0, 0.1) is 6.92 Å². The lowest BCUT2D eigenvalue weighted by Gasteiger charge is -2.30. The van der Waals surface area contributed by atoms with Gasteiger partial charge in [0, 0.05) is 36.1 Å². The van der Waals surface area contributed by atoms with Crippen LogP contribution in [0.2, 0.25) is 0 Å². The minimum absolute atomic E-state index is 0.230. The molecule has 1 aliphatic heterocycles. The molecule has 1 aliphatic rings. The second-order valence-corrected chi connectivity index (χ2v) is 8.85. The summed E-state index contributed by atoms with van der Waals surface area (Å²) in [7, 11) is -0.519. The summed E-state index contributed by atoms with van der Waals surface area (Å²) in [6.45, 7) is 2.98. The molecule has 0 atom stereocenters. The van der Waals surface area contributed by atoms with E-state index < -0.39 is 10.0 Å². The van der Waals surface area contributed by atoms with Crippen LogP contribution in [0.5, 0.6) is 11.5 Å². The van der Waals surface area contributed by atoms with Crippen molar-refractivity contribution >= 4 is 21.4 Å². The lowest BCUT2D eigenvalue weighted by molar-refractivity contribution is 0.318. The molecule has 136 valence electrons. The Morgan fingerprint density at radius 1 is 1.16 bits per heavy atom. The van der Waals surface area contributed by atoms with E-state index in [2.05, 4.69) is 4.98 Å². The molecule has 0 bridgehead atoms. The monoisotopic (exact) mass is 382 g/mol. The van der Waals surface area contributed by atoms with Crippen molar-refractivity contribution in [1.82, 2.24) is 9.29 Å². The molecule has 8 heteroatoms. The molecule has 1 fully saturated rings. The van der Waals surface area contributed by atoms with Gasteiger partial charge in [-0.3, -0.25) is 0 Å². The number of hydrogen-bond acceptors (Lipinski definition) is 6. The summed E-state index contributed by atoms with van der Waals surface area (Å²) >= 11 is 1.66. The van der Waals surface area contributed by atoms with Gasteiger partial charge >= 0.3 is 0 Å². The number of aromatic nitrogens is 1.